The fourth-order valence-electron chi connectivity index (χ4n) is 2.84. The Balaban J connectivity index is 1.95. The van der Waals surface area contributed by atoms with E-state index >= 15 is 0 Å². The van der Waals surface area contributed by atoms with Crippen molar-refractivity contribution >= 4 is 28.8 Å². The summed E-state index contributed by atoms with van der Waals surface area (Å²) in [5.41, 5.74) is 3.17. The number of rotatable bonds is 7. The van der Waals surface area contributed by atoms with Crippen LogP contribution in [0.1, 0.15) is 36.8 Å². The number of aliphatic carboxylic acids is 1. The molecule has 0 aliphatic carbocycles. The highest BCUT2D eigenvalue weighted by Crippen LogP contribution is 2.28. The normalized spacial score (nSPS) is 12.0. The van der Waals surface area contributed by atoms with Gasteiger partial charge in [0, 0.05) is 16.9 Å². The van der Waals surface area contributed by atoms with E-state index in [-0.39, 0.29) is 0 Å². The predicted octanol–water partition coefficient (Wildman–Crippen LogP) is 4.19. The first-order chi connectivity index (χ1) is 13.0. The Kier molecular flexibility index (Phi) is 5.83. The van der Waals surface area contributed by atoms with Gasteiger partial charge in [0.15, 0.2) is 11.9 Å². The maximum atomic E-state index is 10.9. The number of aliphatic hydroxyl groups is 1. The molecule has 3 rings (SSSR count). The Morgan fingerprint density at radius 1 is 1.15 bits per heavy atom. The molecule has 3 N–H and O–H groups in total. The van der Waals surface area contributed by atoms with Crippen LogP contribution in [0.3, 0.4) is 0 Å². The van der Waals surface area contributed by atoms with Crippen molar-refractivity contribution in [2.24, 2.45) is 0 Å². The molecule has 140 valence electrons. The Hall–Kier alpha value is -2.77. The number of anilines is 2. The number of thiophene rings is 1. The van der Waals surface area contributed by atoms with Crippen molar-refractivity contribution < 1.29 is 15.0 Å². The van der Waals surface area contributed by atoms with Gasteiger partial charge in [-0.25, -0.2) is 14.8 Å². The zero-order chi connectivity index (χ0) is 19.4. The van der Waals surface area contributed by atoms with Gasteiger partial charge in [0.25, 0.3) is 0 Å². The second kappa shape index (κ2) is 8.28. The van der Waals surface area contributed by atoms with Gasteiger partial charge in [-0.3, -0.25) is 0 Å². The van der Waals surface area contributed by atoms with E-state index in [1.807, 2.05) is 17.5 Å². The van der Waals surface area contributed by atoms with E-state index in [4.69, 9.17) is 15.1 Å². The van der Waals surface area contributed by atoms with Crippen molar-refractivity contribution in [2.45, 2.75) is 32.8 Å². The highest BCUT2D eigenvalue weighted by atomic mass is 32.1. The highest BCUT2D eigenvalue weighted by Gasteiger charge is 2.17. The van der Waals surface area contributed by atoms with Crippen LogP contribution in [0.5, 0.6) is 0 Å². The van der Waals surface area contributed by atoms with Crippen LogP contribution in [0.4, 0.5) is 11.5 Å². The lowest BCUT2D eigenvalue weighted by atomic mass is 10.1. The topological polar surface area (TPSA) is 95.3 Å². The van der Waals surface area contributed by atoms with E-state index in [1.54, 1.807) is 35.6 Å². The molecule has 6 nitrogen and oxygen atoms in total. The average Bonchev–Trinajstić information content (AvgIpc) is 3.22. The van der Waals surface area contributed by atoms with Crippen LogP contribution in [0.25, 0.3) is 10.7 Å². The lowest BCUT2D eigenvalue weighted by Gasteiger charge is -2.15. The zero-order valence-corrected chi connectivity index (χ0v) is 16.0. The van der Waals surface area contributed by atoms with Crippen molar-refractivity contribution in [1.82, 2.24) is 9.97 Å². The average molecular weight is 383 g/mol. The lowest BCUT2D eigenvalue weighted by molar-refractivity contribution is -0.146. The first kappa shape index (κ1) is 19.0. The number of hydrogen-bond donors (Lipinski definition) is 3. The Labute approximate surface area is 161 Å². The molecule has 0 spiro atoms. The highest BCUT2D eigenvalue weighted by molar-refractivity contribution is 7.13. The smallest absolute Gasteiger partial charge is 0.337 e. The molecule has 0 fully saturated rings. The molecule has 0 amide bonds. The molecule has 0 aliphatic heterocycles. The standard InChI is InChI=1S/C20H21N3O3S/c1-3-14-15(4-2)22-19(16-6-5-11-27-16)23-18(14)21-13-9-7-12(8-10-13)17(24)20(25)26/h5-11,17,24H,3-4H2,1-2H3,(H,25,26)(H,21,22,23). The summed E-state index contributed by atoms with van der Waals surface area (Å²) < 4.78 is 0. The molecule has 27 heavy (non-hydrogen) atoms. The minimum atomic E-state index is -1.53. The monoisotopic (exact) mass is 383 g/mol. The molecular formula is C20H21N3O3S. The lowest BCUT2D eigenvalue weighted by Crippen LogP contribution is -2.10. The van der Waals surface area contributed by atoms with Gasteiger partial charge in [0.2, 0.25) is 0 Å². The maximum Gasteiger partial charge on any atom is 0.337 e. The molecule has 1 unspecified atom stereocenters. The molecule has 0 saturated heterocycles. The SMILES string of the molecule is CCc1nc(-c2cccs2)nc(Nc2ccc(C(O)C(=O)O)cc2)c1CC. The summed E-state index contributed by atoms with van der Waals surface area (Å²) in [6.07, 6.45) is 0.0792. The predicted molar refractivity (Wildman–Crippen MR) is 106 cm³/mol. The summed E-state index contributed by atoms with van der Waals surface area (Å²) in [5, 5.41) is 23.9. The van der Waals surface area contributed by atoms with Crippen LogP contribution in [0.15, 0.2) is 41.8 Å². The fourth-order valence-corrected chi connectivity index (χ4v) is 3.50. The third-order valence-corrected chi connectivity index (χ3v) is 5.11. The maximum absolute atomic E-state index is 10.9. The Bertz CT molecular complexity index is 924. The summed E-state index contributed by atoms with van der Waals surface area (Å²) >= 11 is 1.60. The fraction of sp³-hybridized carbons (Fsp3) is 0.250. The van der Waals surface area contributed by atoms with Crippen LogP contribution in [0.2, 0.25) is 0 Å². The van der Waals surface area contributed by atoms with Gasteiger partial charge in [0.1, 0.15) is 5.82 Å². The number of hydrogen-bond acceptors (Lipinski definition) is 6. The van der Waals surface area contributed by atoms with Crippen LogP contribution in [0, 0.1) is 0 Å². The molecule has 2 aromatic heterocycles. The van der Waals surface area contributed by atoms with Crippen LogP contribution < -0.4 is 5.32 Å². The summed E-state index contributed by atoms with van der Waals surface area (Å²) in [7, 11) is 0. The number of aliphatic hydroxyl groups excluding tert-OH is 1. The Morgan fingerprint density at radius 3 is 2.44 bits per heavy atom. The number of nitrogens with zero attached hydrogens (tertiary/aromatic N) is 2. The molecular weight excluding hydrogens is 362 g/mol. The summed E-state index contributed by atoms with van der Waals surface area (Å²) in [6, 6.07) is 10.6. The summed E-state index contributed by atoms with van der Waals surface area (Å²) in [5.74, 6) is 0.173. The van der Waals surface area contributed by atoms with Gasteiger partial charge in [-0.05, 0) is 42.0 Å². The van der Waals surface area contributed by atoms with Crippen LogP contribution in [-0.2, 0) is 17.6 Å². The Morgan fingerprint density at radius 2 is 1.89 bits per heavy atom. The first-order valence-corrected chi connectivity index (χ1v) is 9.63. The van der Waals surface area contributed by atoms with Gasteiger partial charge in [0.05, 0.1) is 4.88 Å². The van der Waals surface area contributed by atoms with E-state index < -0.39 is 12.1 Å². The van der Waals surface area contributed by atoms with Gasteiger partial charge < -0.3 is 15.5 Å². The van der Waals surface area contributed by atoms with E-state index in [2.05, 4.69) is 19.2 Å². The quantitative estimate of drug-likeness (QED) is 0.566. The van der Waals surface area contributed by atoms with Gasteiger partial charge in [-0.2, -0.15) is 0 Å². The minimum Gasteiger partial charge on any atom is -0.479 e. The van der Waals surface area contributed by atoms with Crippen molar-refractivity contribution in [2.75, 3.05) is 5.32 Å². The first-order valence-electron chi connectivity index (χ1n) is 8.75. The number of carboxylic acid groups (broad SMARTS) is 1. The molecule has 2 heterocycles. The molecule has 0 aliphatic rings. The van der Waals surface area contributed by atoms with Crippen molar-refractivity contribution in [3.63, 3.8) is 0 Å². The van der Waals surface area contributed by atoms with E-state index in [1.165, 1.54) is 0 Å². The van der Waals surface area contributed by atoms with Gasteiger partial charge >= 0.3 is 5.97 Å². The van der Waals surface area contributed by atoms with Crippen molar-refractivity contribution in [1.29, 1.82) is 0 Å². The second-order valence-electron chi connectivity index (χ2n) is 5.99. The zero-order valence-electron chi connectivity index (χ0n) is 15.1. The number of carbonyl (C=O) groups is 1. The number of carboxylic acids is 1. The van der Waals surface area contributed by atoms with Crippen LogP contribution in [-0.4, -0.2) is 26.2 Å². The van der Waals surface area contributed by atoms with Gasteiger partial charge in [-0.15, -0.1) is 11.3 Å². The van der Waals surface area contributed by atoms with Gasteiger partial charge in [-0.1, -0.05) is 32.0 Å². The number of aryl methyl sites for hydroxylation is 1. The molecule has 0 saturated carbocycles. The number of benzene rings is 1. The summed E-state index contributed by atoms with van der Waals surface area (Å²) in [6.45, 7) is 4.14. The molecule has 7 heteroatoms. The minimum absolute atomic E-state index is 0.333. The largest absolute Gasteiger partial charge is 0.479 e. The molecule has 0 radical (unpaired) electrons. The van der Waals surface area contributed by atoms with E-state index in [0.717, 1.165) is 40.5 Å². The van der Waals surface area contributed by atoms with Crippen molar-refractivity contribution in [3.05, 3.63) is 58.6 Å². The molecule has 1 aromatic carbocycles. The second-order valence-corrected chi connectivity index (χ2v) is 6.94. The number of aromatic nitrogens is 2. The molecule has 0 bridgehead atoms. The molecule has 3 aromatic rings. The molecule has 1 atom stereocenters. The third kappa shape index (κ3) is 4.15. The van der Waals surface area contributed by atoms with Crippen LogP contribution >= 0.6 is 11.3 Å². The summed E-state index contributed by atoms with van der Waals surface area (Å²) in [4.78, 5) is 21.4. The van der Waals surface area contributed by atoms with E-state index in [9.17, 15) is 9.90 Å². The van der Waals surface area contributed by atoms with E-state index in [0.29, 0.717) is 11.4 Å². The van der Waals surface area contributed by atoms with Crippen molar-refractivity contribution in [3.8, 4) is 10.7 Å². The third-order valence-electron chi connectivity index (χ3n) is 4.25. The number of nitrogens with one attached hydrogen (secondary N) is 1.